The molecule has 1 aromatic rings. The Morgan fingerprint density at radius 1 is 1.33 bits per heavy atom. The second kappa shape index (κ2) is 3.52. The third-order valence-electron chi connectivity index (χ3n) is 2.45. The molecule has 1 saturated carbocycles. The summed E-state index contributed by atoms with van der Waals surface area (Å²) in [5.74, 6) is 0.549. The smallest absolute Gasteiger partial charge is 0.196 e. The van der Waals surface area contributed by atoms with Crippen LogP contribution in [0.4, 0.5) is 4.39 Å². The van der Waals surface area contributed by atoms with Crippen LogP contribution in [-0.4, -0.2) is 4.98 Å². The van der Waals surface area contributed by atoms with Gasteiger partial charge in [0.05, 0.1) is 11.2 Å². The normalized spacial score (nSPS) is 19.8. The SMILES string of the molecule is Fc1cnc(C2CCCCC2)s1. The highest BCUT2D eigenvalue weighted by molar-refractivity contribution is 7.10. The van der Waals surface area contributed by atoms with Gasteiger partial charge in [-0.3, -0.25) is 0 Å². The highest BCUT2D eigenvalue weighted by Gasteiger charge is 2.18. The first-order valence-corrected chi connectivity index (χ1v) is 5.29. The molecule has 0 radical (unpaired) electrons. The first-order valence-electron chi connectivity index (χ1n) is 4.47. The molecular formula is C9H12FNS. The molecule has 3 heteroatoms. The zero-order chi connectivity index (χ0) is 8.39. The second-order valence-corrected chi connectivity index (χ2v) is 4.35. The fourth-order valence-electron chi connectivity index (χ4n) is 1.81. The van der Waals surface area contributed by atoms with Crippen molar-refractivity contribution in [1.29, 1.82) is 0 Å². The number of aromatic nitrogens is 1. The van der Waals surface area contributed by atoms with Crippen molar-refractivity contribution in [2.45, 2.75) is 38.0 Å². The molecule has 1 aliphatic carbocycles. The highest BCUT2D eigenvalue weighted by Crippen LogP contribution is 2.34. The van der Waals surface area contributed by atoms with E-state index < -0.39 is 0 Å². The van der Waals surface area contributed by atoms with Crippen molar-refractivity contribution in [1.82, 2.24) is 4.98 Å². The topological polar surface area (TPSA) is 12.9 Å². The molecule has 0 saturated heterocycles. The van der Waals surface area contributed by atoms with Gasteiger partial charge >= 0.3 is 0 Å². The summed E-state index contributed by atoms with van der Waals surface area (Å²) >= 11 is 1.22. The van der Waals surface area contributed by atoms with E-state index >= 15 is 0 Å². The van der Waals surface area contributed by atoms with Crippen molar-refractivity contribution in [3.63, 3.8) is 0 Å². The van der Waals surface area contributed by atoms with Gasteiger partial charge in [0, 0.05) is 5.92 Å². The Bertz CT molecular complexity index is 253. The van der Waals surface area contributed by atoms with Crippen molar-refractivity contribution >= 4 is 11.3 Å². The van der Waals surface area contributed by atoms with Gasteiger partial charge in [-0.2, -0.15) is 4.39 Å². The van der Waals surface area contributed by atoms with Crippen LogP contribution in [0.5, 0.6) is 0 Å². The Kier molecular flexibility index (Phi) is 2.40. The van der Waals surface area contributed by atoms with Crippen LogP contribution in [-0.2, 0) is 0 Å². The fraction of sp³-hybridized carbons (Fsp3) is 0.667. The molecule has 0 aliphatic heterocycles. The molecule has 0 spiro atoms. The van der Waals surface area contributed by atoms with E-state index in [0.29, 0.717) is 5.92 Å². The molecule has 0 unspecified atom stereocenters. The maximum Gasteiger partial charge on any atom is 0.196 e. The fourth-order valence-corrected chi connectivity index (χ4v) is 2.62. The lowest BCUT2D eigenvalue weighted by atomic mass is 9.90. The standard InChI is InChI=1S/C9H12FNS/c10-8-6-11-9(12-8)7-4-2-1-3-5-7/h6-7H,1-5H2. The molecule has 66 valence electrons. The average Bonchev–Trinajstić information content (AvgIpc) is 2.54. The predicted octanol–water partition coefficient (Wildman–Crippen LogP) is 3.33. The quantitative estimate of drug-likeness (QED) is 0.654. The van der Waals surface area contributed by atoms with E-state index in [9.17, 15) is 4.39 Å². The van der Waals surface area contributed by atoms with Crippen LogP contribution in [0.3, 0.4) is 0 Å². The van der Waals surface area contributed by atoms with Gasteiger partial charge in [-0.25, -0.2) is 4.98 Å². The Morgan fingerprint density at radius 3 is 2.67 bits per heavy atom. The summed E-state index contributed by atoms with van der Waals surface area (Å²) in [6.07, 6.45) is 7.65. The van der Waals surface area contributed by atoms with Crippen molar-refractivity contribution in [3.8, 4) is 0 Å². The molecule has 12 heavy (non-hydrogen) atoms. The van der Waals surface area contributed by atoms with Gasteiger partial charge in [0.15, 0.2) is 5.13 Å². The van der Waals surface area contributed by atoms with Crippen LogP contribution in [0, 0.1) is 5.13 Å². The first kappa shape index (κ1) is 8.17. The van der Waals surface area contributed by atoms with Crippen LogP contribution in [0.2, 0.25) is 0 Å². The molecule has 1 nitrogen and oxygen atoms in total. The lowest BCUT2D eigenvalue weighted by molar-refractivity contribution is 0.442. The third-order valence-corrected chi connectivity index (χ3v) is 3.40. The maximum absolute atomic E-state index is 12.6. The summed E-state index contributed by atoms with van der Waals surface area (Å²) < 4.78 is 12.6. The van der Waals surface area contributed by atoms with Gasteiger partial charge in [0.2, 0.25) is 0 Å². The molecule has 0 bridgehead atoms. The van der Waals surface area contributed by atoms with E-state index in [1.807, 2.05) is 0 Å². The molecule has 1 aliphatic rings. The van der Waals surface area contributed by atoms with E-state index in [2.05, 4.69) is 4.98 Å². The maximum atomic E-state index is 12.6. The van der Waals surface area contributed by atoms with Crippen LogP contribution in [0.15, 0.2) is 6.20 Å². The van der Waals surface area contributed by atoms with Gasteiger partial charge in [-0.15, -0.1) is 0 Å². The molecule has 0 aromatic carbocycles. The number of hydrogen-bond donors (Lipinski definition) is 0. The first-order chi connectivity index (χ1) is 5.86. The number of thiazole rings is 1. The van der Waals surface area contributed by atoms with E-state index in [4.69, 9.17) is 0 Å². The lowest BCUT2D eigenvalue weighted by Crippen LogP contribution is -2.03. The number of hydrogen-bond acceptors (Lipinski definition) is 2. The van der Waals surface area contributed by atoms with Crippen molar-refractivity contribution < 1.29 is 4.39 Å². The van der Waals surface area contributed by atoms with Crippen molar-refractivity contribution in [2.24, 2.45) is 0 Å². The number of rotatable bonds is 1. The zero-order valence-electron chi connectivity index (χ0n) is 6.92. The average molecular weight is 185 g/mol. The minimum Gasteiger partial charge on any atom is -0.246 e. The minimum absolute atomic E-state index is 0.143. The van der Waals surface area contributed by atoms with Gasteiger partial charge in [0.1, 0.15) is 0 Å². The Labute approximate surface area is 75.6 Å². The third kappa shape index (κ3) is 1.66. The molecule has 1 aromatic heterocycles. The highest BCUT2D eigenvalue weighted by atomic mass is 32.1. The Morgan fingerprint density at radius 2 is 2.08 bits per heavy atom. The molecular weight excluding hydrogens is 173 g/mol. The number of nitrogens with zero attached hydrogens (tertiary/aromatic N) is 1. The van der Waals surface area contributed by atoms with Gasteiger partial charge in [-0.1, -0.05) is 30.6 Å². The summed E-state index contributed by atoms with van der Waals surface area (Å²) in [6.45, 7) is 0. The zero-order valence-corrected chi connectivity index (χ0v) is 7.74. The predicted molar refractivity (Wildman–Crippen MR) is 47.9 cm³/mol. The van der Waals surface area contributed by atoms with Crippen molar-refractivity contribution in [3.05, 3.63) is 16.3 Å². The summed E-state index contributed by atoms with van der Waals surface area (Å²) in [4.78, 5) is 4.08. The van der Waals surface area contributed by atoms with Crippen LogP contribution in [0.25, 0.3) is 0 Å². The summed E-state index contributed by atoms with van der Waals surface area (Å²) in [7, 11) is 0. The molecule has 0 amide bonds. The lowest BCUT2D eigenvalue weighted by Gasteiger charge is -2.18. The van der Waals surface area contributed by atoms with Crippen LogP contribution in [0.1, 0.15) is 43.0 Å². The van der Waals surface area contributed by atoms with Crippen LogP contribution >= 0.6 is 11.3 Å². The largest absolute Gasteiger partial charge is 0.246 e. The second-order valence-electron chi connectivity index (χ2n) is 3.34. The van der Waals surface area contributed by atoms with Crippen molar-refractivity contribution in [2.75, 3.05) is 0 Å². The van der Waals surface area contributed by atoms with E-state index in [1.54, 1.807) is 0 Å². The number of halogens is 1. The Balaban J connectivity index is 2.08. The summed E-state index contributed by atoms with van der Waals surface area (Å²) in [5.41, 5.74) is 0. The van der Waals surface area contributed by atoms with E-state index in [1.165, 1.54) is 49.6 Å². The molecule has 0 atom stereocenters. The monoisotopic (exact) mass is 185 g/mol. The Hall–Kier alpha value is -0.440. The molecule has 1 fully saturated rings. The molecule has 2 rings (SSSR count). The summed E-state index contributed by atoms with van der Waals surface area (Å²) in [5, 5.41) is 0.864. The minimum atomic E-state index is -0.143. The molecule has 1 heterocycles. The van der Waals surface area contributed by atoms with E-state index in [-0.39, 0.29) is 5.13 Å². The van der Waals surface area contributed by atoms with E-state index in [0.717, 1.165) is 5.01 Å². The van der Waals surface area contributed by atoms with Gasteiger partial charge in [-0.05, 0) is 12.8 Å². The molecule has 0 N–H and O–H groups in total. The van der Waals surface area contributed by atoms with Crippen LogP contribution < -0.4 is 0 Å². The summed E-state index contributed by atoms with van der Waals surface area (Å²) in [6, 6.07) is 0. The van der Waals surface area contributed by atoms with Gasteiger partial charge in [0.25, 0.3) is 0 Å². The van der Waals surface area contributed by atoms with Gasteiger partial charge < -0.3 is 0 Å².